The Labute approximate surface area is 110 Å². The highest BCUT2D eigenvalue weighted by Crippen LogP contribution is 2.27. The van der Waals surface area contributed by atoms with E-state index < -0.39 is 0 Å². The summed E-state index contributed by atoms with van der Waals surface area (Å²) in [5.74, 6) is -0.239. The maximum atomic E-state index is 13.2. The van der Waals surface area contributed by atoms with Crippen molar-refractivity contribution in [3.05, 3.63) is 34.6 Å². The Hall–Kier alpha value is -1.33. The Morgan fingerprint density at radius 1 is 1.33 bits per heavy atom. The summed E-state index contributed by atoms with van der Waals surface area (Å²) in [5.41, 5.74) is 1.84. The van der Waals surface area contributed by atoms with Crippen LogP contribution >= 0.6 is 11.3 Å². The predicted octanol–water partition coefficient (Wildman–Crippen LogP) is 3.15. The first-order valence-corrected chi connectivity index (χ1v) is 6.82. The molecule has 0 aliphatic heterocycles. The van der Waals surface area contributed by atoms with Gasteiger partial charge in [0.15, 0.2) is 0 Å². The van der Waals surface area contributed by atoms with Crippen molar-refractivity contribution in [2.24, 2.45) is 0 Å². The molecule has 5 heteroatoms. The van der Waals surface area contributed by atoms with Gasteiger partial charge < -0.3 is 5.32 Å². The lowest BCUT2D eigenvalue weighted by molar-refractivity contribution is 0.628. The van der Waals surface area contributed by atoms with E-state index >= 15 is 0 Å². The van der Waals surface area contributed by atoms with E-state index in [-0.39, 0.29) is 5.82 Å². The molecule has 0 radical (unpaired) electrons. The van der Waals surface area contributed by atoms with Crippen LogP contribution in [-0.2, 0) is 6.54 Å². The van der Waals surface area contributed by atoms with Crippen LogP contribution in [0.25, 0.3) is 10.6 Å². The molecule has 0 saturated carbocycles. The van der Waals surface area contributed by atoms with Crippen LogP contribution in [0.2, 0.25) is 0 Å². The fourth-order valence-corrected chi connectivity index (χ4v) is 2.52. The molecule has 1 aromatic heterocycles. The van der Waals surface area contributed by atoms with E-state index in [2.05, 4.69) is 22.4 Å². The van der Waals surface area contributed by atoms with Crippen LogP contribution in [0.1, 0.15) is 23.9 Å². The average Bonchev–Trinajstić information content (AvgIpc) is 2.81. The van der Waals surface area contributed by atoms with Gasteiger partial charge in [-0.3, -0.25) is 0 Å². The highest BCUT2D eigenvalue weighted by atomic mass is 32.1. The van der Waals surface area contributed by atoms with Crippen molar-refractivity contribution in [1.82, 2.24) is 15.5 Å². The van der Waals surface area contributed by atoms with Crippen molar-refractivity contribution in [2.45, 2.75) is 26.8 Å². The molecule has 96 valence electrons. The van der Waals surface area contributed by atoms with Gasteiger partial charge in [-0.05, 0) is 37.6 Å². The van der Waals surface area contributed by atoms with Gasteiger partial charge in [-0.2, -0.15) is 0 Å². The molecule has 2 rings (SSSR count). The second kappa shape index (κ2) is 6.02. The van der Waals surface area contributed by atoms with E-state index in [1.165, 1.54) is 23.5 Å². The topological polar surface area (TPSA) is 37.8 Å². The Kier molecular flexibility index (Phi) is 4.38. The zero-order valence-corrected chi connectivity index (χ0v) is 11.4. The molecule has 1 aromatic carbocycles. The lowest BCUT2D eigenvalue weighted by Gasteiger charge is -2.00. The molecule has 0 aliphatic rings. The molecular weight excluding hydrogens is 249 g/mol. The summed E-state index contributed by atoms with van der Waals surface area (Å²) in [5, 5.41) is 13.2. The van der Waals surface area contributed by atoms with Crippen molar-refractivity contribution in [2.75, 3.05) is 6.54 Å². The maximum absolute atomic E-state index is 13.2. The molecule has 0 amide bonds. The Morgan fingerprint density at radius 2 is 2.17 bits per heavy atom. The fourth-order valence-electron chi connectivity index (χ4n) is 1.63. The van der Waals surface area contributed by atoms with E-state index in [4.69, 9.17) is 0 Å². The van der Waals surface area contributed by atoms with Gasteiger partial charge in [0.25, 0.3) is 0 Å². The number of halogens is 1. The van der Waals surface area contributed by atoms with E-state index in [9.17, 15) is 4.39 Å². The van der Waals surface area contributed by atoms with E-state index in [1.54, 1.807) is 6.07 Å². The minimum atomic E-state index is -0.239. The molecule has 18 heavy (non-hydrogen) atoms. The number of nitrogens with zero attached hydrogens (tertiary/aromatic N) is 2. The number of aryl methyl sites for hydroxylation is 1. The molecule has 3 nitrogen and oxygen atoms in total. The molecule has 0 spiro atoms. The summed E-state index contributed by atoms with van der Waals surface area (Å²) in [4.78, 5) is 0. The largest absolute Gasteiger partial charge is 0.310 e. The lowest BCUT2D eigenvalue weighted by Crippen LogP contribution is -2.13. The molecule has 0 unspecified atom stereocenters. The van der Waals surface area contributed by atoms with Gasteiger partial charge in [-0.25, -0.2) is 4.39 Å². The van der Waals surface area contributed by atoms with Crippen LogP contribution in [0, 0.1) is 12.7 Å². The summed E-state index contributed by atoms with van der Waals surface area (Å²) >= 11 is 1.51. The molecule has 2 aromatic rings. The zero-order chi connectivity index (χ0) is 13.0. The van der Waals surface area contributed by atoms with Crippen LogP contribution < -0.4 is 5.32 Å². The first kappa shape index (κ1) is 13.1. The Morgan fingerprint density at radius 3 is 2.94 bits per heavy atom. The first-order chi connectivity index (χ1) is 8.70. The molecular formula is C13H16FN3S. The van der Waals surface area contributed by atoms with Crippen molar-refractivity contribution in [3.8, 4) is 10.6 Å². The van der Waals surface area contributed by atoms with Crippen molar-refractivity contribution in [3.63, 3.8) is 0 Å². The highest BCUT2D eigenvalue weighted by molar-refractivity contribution is 7.14. The Bertz CT molecular complexity index is 525. The van der Waals surface area contributed by atoms with Gasteiger partial charge in [0.05, 0.1) is 0 Å². The van der Waals surface area contributed by atoms with Gasteiger partial charge in [0, 0.05) is 12.1 Å². The van der Waals surface area contributed by atoms with E-state index in [0.29, 0.717) is 0 Å². The number of benzene rings is 1. The molecule has 0 atom stereocenters. The van der Waals surface area contributed by atoms with Crippen LogP contribution in [0.15, 0.2) is 18.2 Å². The standard InChI is InChI=1S/C13H16FN3S/c1-3-6-15-8-12-16-17-13(18-12)11-7-10(14)5-4-9(11)2/h4-5,7,15H,3,6,8H2,1-2H3. The minimum Gasteiger partial charge on any atom is -0.310 e. The molecule has 1 N–H and O–H groups in total. The summed E-state index contributed by atoms with van der Waals surface area (Å²) in [6.45, 7) is 5.76. The molecule has 0 bridgehead atoms. The number of rotatable bonds is 5. The van der Waals surface area contributed by atoms with Crippen LogP contribution in [0.4, 0.5) is 4.39 Å². The summed E-state index contributed by atoms with van der Waals surface area (Å²) in [6.07, 6.45) is 1.09. The lowest BCUT2D eigenvalue weighted by atomic mass is 10.1. The summed E-state index contributed by atoms with van der Waals surface area (Å²) in [7, 11) is 0. The van der Waals surface area contributed by atoms with Gasteiger partial charge in [0.1, 0.15) is 15.8 Å². The first-order valence-electron chi connectivity index (χ1n) is 6.00. The second-order valence-electron chi connectivity index (χ2n) is 4.14. The SMILES string of the molecule is CCCNCc1nnc(-c2cc(F)ccc2C)s1. The smallest absolute Gasteiger partial charge is 0.148 e. The normalized spacial score (nSPS) is 10.8. The summed E-state index contributed by atoms with van der Waals surface area (Å²) < 4.78 is 13.2. The van der Waals surface area contributed by atoms with Crippen molar-refractivity contribution < 1.29 is 4.39 Å². The average molecular weight is 265 g/mol. The highest BCUT2D eigenvalue weighted by Gasteiger charge is 2.09. The Balaban J connectivity index is 2.16. The monoisotopic (exact) mass is 265 g/mol. The van der Waals surface area contributed by atoms with Gasteiger partial charge >= 0.3 is 0 Å². The van der Waals surface area contributed by atoms with Gasteiger partial charge in [-0.1, -0.05) is 24.3 Å². The van der Waals surface area contributed by atoms with Crippen LogP contribution in [0.5, 0.6) is 0 Å². The summed E-state index contributed by atoms with van der Waals surface area (Å²) in [6, 6.07) is 4.74. The van der Waals surface area contributed by atoms with E-state index in [1.807, 2.05) is 6.92 Å². The van der Waals surface area contributed by atoms with Gasteiger partial charge in [0.2, 0.25) is 0 Å². The molecule has 0 saturated heterocycles. The number of hydrogen-bond donors (Lipinski definition) is 1. The second-order valence-corrected chi connectivity index (χ2v) is 5.20. The van der Waals surface area contributed by atoms with Gasteiger partial charge in [-0.15, -0.1) is 10.2 Å². The number of nitrogens with one attached hydrogen (secondary N) is 1. The van der Waals surface area contributed by atoms with E-state index in [0.717, 1.165) is 40.7 Å². The fraction of sp³-hybridized carbons (Fsp3) is 0.385. The molecule has 1 heterocycles. The third-order valence-electron chi connectivity index (χ3n) is 2.60. The minimum absolute atomic E-state index is 0.239. The third kappa shape index (κ3) is 3.11. The van der Waals surface area contributed by atoms with Crippen LogP contribution in [-0.4, -0.2) is 16.7 Å². The van der Waals surface area contributed by atoms with Crippen LogP contribution in [0.3, 0.4) is 0 Å². The number of hydrogen-bond acceptors (Lipinski definition) is 4. The molecule has 0 fully saturated rings. The zero-order valence-electron chi connectivity index (χ0n) is 10.5. The van der Waals surface area contributed by atoms with Crippen molar-refractivity contribution >= 4 is 11.3 Å². The quantitative estimate of drug-likeness (QED) is 0.844. The third-order valence-corrected chi connectivity index (χ3v) is 3.56. The molecule has 0 aliphatic carbocycles. The predicted molar refractivity (Wildman–Crippen MR) is 72.0 cm³/mol. The van der Waals surface area contributed by atoms with Crippen molar-refractivity contribution in [1.29, 1.82) is 0 Å². The maximum Gasteiger partial charge on any atom is 0.148 e. The number of aromatic nitrogens is 2.